The second-order valence-corrected chi connectivity index (χ2v) is 5.74. The van der Waals surface area contributed by atoms with E-state index in [1.54, 1.807) is 48.5 Å². The maximum Gasteiger partial charge on any atom is 0.276 e. The number of nitrogens with one attached hydrogen (secondary N) is 3. The Labute approximate surface area is 160 Å². The topological polar surface area (TPSA) is 88.7 Å². The quantitative estimate of drug-likeness (QED) is 0.512. The first-order valence-electron chi connectivity index (χ1n) is 7.48. The molecule has 0 saturated carbocycles. The van der Waals surface area contributed by atoms with E-state index in [2.05, 4.69) is 16.2 Å². The van der Waals surface area contributed by atoms with E-state index >= 15 is 0 Å². The Hall–Kier alpha value is -2.84. The predicted octanol–water partition coefficient (Wildman–Crippen LogP) is 1.82. The molecule has 0 aliphatic heterocycles. The van der Waals surface area contributed by atoms with Crippen LogP contribution in [0.2, 0.25) is 5.02 Å². The fourth-order valence-electron chi connectivity index (χ4n) is 1.70. The number of benzene rings is 2. The predicted molar refractivity (Wildman–Crippen MR) is 101 cm³/mol. The molecule has 0 aliphatic carbocycles. The lowest BCUT2D eigenvalue weighted by Crippen LogP contribution is -2.50. The highest BCUT2D eigenvalue weighted by Crippen LogP contribution is 2.15. The molecule has 0 aromatic heterocycles. The second kappa shape index (κ2) is 10.2. The average molecular weight is 394 g/mol. The third kappa shape index (κ3) is 7.37. The molecule has 0 spiro atoms. The highest BCUT2D eigenvalue weighted by atomic mass is 35.5. The van der Waals surface area contributed by atoms with Crippen LogP contribution in [0.5, 0.6) is 11.5 Å². The second-order valence-electron chi connectivity index (χ2n) is 4.89. The van der Waals surface area contributed by atoms with Crippen molar-refractivity contribution >= 4 is 40.7 Å². The number of carbonyl (C=O) groups excluding carboxylic acids is 2. The zero-order chi connectivity index (χ0) is 18.8. The molecule has 0 fully saturated rings. The number of thiocarbonyl (C=S) groups is 1. The Bertz CT molecular complexity index is 756. The van der Waals surface area contributed by atoms with Crippen LogP contribution in [0.4, 0.5) is 0 Å². The maximum atomic E-state index is 11.7. The van der Waals surface area contributed by atoms with Gasteiger partial charge in [-0.25, -0.2) is 0 Å². The van der Waals surface area contributed by atoms with Gasteiger partial charge in [-0.2, -0.15) is 0 Å². The van der Waals surface area contributed by atoms with E-state index in [0.717, 1.165) is 0 Å². The van der Waals surface area contributed by atoms with E-state index in [1.807, 2.05) is 6.07 Å². The number of hydrogen-bond donors (Lipinski definition) is 3. The van der Waals surface area contributed by atoms with Gasteiger partial charge in [0.1, 0.15) is 11.5 Å². The van der Waals surface area contributed by atoms with Gasteiger partial charge in [0, 0.05) is 5.02 Å². The number of ether oxygens (including phenoxy) is 2. The third-order valence-electron chi connectivity index (χ3n) is 2.87. The van der Waals surface area contributed by atoms with Crippen molar-refractivity contribution in [2.45, 2.75) is 0 Å². The number of hydrazine groups is 1. The van der Waals surface area contributed by atoms with Gasteiger partial charge in [0.05, 0.1) is 0 Å². The van der Waals surface area contributed by atoms with E-state index in [1.165, 1.54) is 0 Å². The molecule has 0 unspecified atom stereocenters. The summed E-state index contributed by atoms with van der Waals surface area (Å²) in [6.45, 7) is -0.443. The molecule has 9 heteroatoms. The van der Waals surface area contributed by atoms with E-state index in [9.17, 15) is 9.59 Å². The number of amides is 2. The van der Waals surface area contributed by atoms with Crippen LogP contribution >= 0.6 is 23.8 Å². The summed E-state index contributed by atoms with van der Waals surface area (Å²) in [4.78, 5) is 23.4. The molecule has 2 aromatic rings. The summed E-state index contributed by atoms with van der Waals surface area (Å²) >= 11 is 10.7. The highest BCUT2D eigenvalue weighted by Gasteiger charge is 2.07. The molecule has 26 heavy (non-hydrogen) atoms. The van der Waals surface area contributed by atoms with Crippen LogP contribution in [0.3, 0.4) is 0 Å². The lowest BCUT2D eigenvalue weighted by atomic mass is 10.3. The smallest absolute Gasteiger partial charge is 0.276 e. The first-order chi connectivity index (χ1) is 12.5. The van der Waals surface area contributed by atoms with Gasteiger partial charge in [-0.3, -0.25) is 25.8 Å². The summed E-state index contributed by atoms with van der Waals surface area (Å²) in [7, 11) is 0. The maximum absolute atomic E-state index is 11.7. The fourth-order valence-corrected chi connectivity index (χ4v) is 1.99. The highest BCUT2D eigenvalue weighted by molar-refractivity contribution is 7.80. The van der Waals surface area contributed by atoms with Crippen LogP contribution in [0, 0.1) is 0 Å². The van der Waals surface area contributed by atoms with Gasteiger partial charge in [0.25, 0.3) is 11.8 Å². The third-order valence-corrected chi connectivity index (χ3v) is 3.32. The minimum absolute atomic E-state index is 0.0669. The van der Waals surface area contributed by atoms with Gasteiger partial charge < -0.3 is 9.47 Å². The monoisotopic (exact) mass is 393 g/mol. The summed E-state index contributed by atoms with van der Waals surface area (Å²) in [5.41, 5.74) is 4.71. The van der Waals surface area contributed by atoms with Crippen molar-refractivity contribution in [3.8, 4) is 11.5 Å². The number of para-hydroxylation sites is 1. The molecule has 0 heterocycles. The molecule has 0 saturated heterocycles. The van der Waals surface area contributed by atoms with Gasteiger partial charge in [-0.1, -0.05) is 29.8 Å². The van der Waals surface area contributed by atoms with Crippen molar-refractivity contribution in [2.24, 2.45) is 0 Å². The number of halogens is 1. The van der Waals surface area contributed by atoms with E-state index in [-0.39, 0.29) is 18.3 Å². The zero-order valence-electron chi connectivity index (χ0n) is 13.5. The van der Waals surface area contributed by atoms with Crippen LogP contribution in [0.1, 0.15) is 0 Å². The first kappa shape index (κ1) is 19.5. The summed E-state index contributed by atoms with van der Waals surface area (Å²) in [5, 5.41) is 2.87. The molecule has 2 rings (SSSR count). The molecule has 0 aliphatic rings. The van der Waals surface area contributed by atoms with Crippen molar-refractivity contribution < 1.29 is 19.1 Å². The molecule has 0 bridgehead atoms. The fraction of sp³-hybridized carbons (Fsp3) is 0.118. The summed E-state index contributed by atoms with van der Waals surface area (Å²) < 4.78 is 10.5. The largest absolute Gasteiger partial charge is 0.484 e. The summed E-state index contributed by atoms with van der Waals surface area (Å²) in [6.07, 6.45) is 0. The molecule has 0 atom stereocenters. The molecule has 2 amide bonds. The molecule has 136 valence electrons. The van der Waals surface area contributed by atoms with Gasteiger partial charge in [-0.05, 0) is 48.6 Å². The number of rotatable bonds is 6. The Morgan fingerprint density at radius 2 is 1.42 bits per heavy atom. The van der Waals surface area contributed by atoms with Crippen molar-refractivity contribution in [3.05, 3.63) is 59.6 Å². The van der Waals surface area contributed by atoms with Gasteiger partial charge >= 0.3 is 0 Å². The van der Waals surface area contributed by atoms with Gasteiger partial charge in [-0.15, -0.1) is 0 Å². The van der Waals surface area contributed by atoms with Crippen molar-refractivity contribution in [1.29, 1.82) is 0 Å². The number of carbonyl (C=O) groups is 2. The molecule has 7 nitrogen and oxygen atoms in total. The molecule has 3 N–H and O–H groups in total. The number of hydrogen-bond acceptors (Lipinski definition) is 5. The lowest BCUT2D eigenvalue weighted by Gasteiger charge is -2.12. The molecular weight excluding hydrogens is 378 g/mol. The summed E-state index contributed by atoms with van der Waals surface area (Å²) in [6, 6.07) is 15.5. The summed E-state index contributed by atoms with van der Waals surface area (Å²) in [5.74, 6) is 0.128. The Morgan fingerprint density at radius 3 is 2.08 bits per heavy atom. The minimum atomic E-state index is -0.479. The van der Waals surface area contributed by atoms with E-state index in [0.29, 0.717) is 16.5 Å². The van der Waals surface area contributed by atoms with Crippen LogP contribution in [-0.2, 0) is 9.59 Å². The minimum Gasteiger partial charge on any atom is -0.484 e. The van der Waals surface area contributed by atoms with E-state index in [4.69, 9.17) is 33.3 Å². The van der Waals surface area contributed by atoms with Crippen LogP contribution in [0.15, 0.2) is 54.6 Å². The van der Waals surface area contributed by atoms with E-state index < -0.39 is 11.8 Å². The SMILES string of the molecule is O=C(COc1ccccc1)NNC(=S)NC(=O)COc1ccc(Cl)cc1. The van der Waals surface area contributed by atoms with Gasteiger partial charge in [0.2, 0.25) is 0 Å². The first-order valence-corrected chi connectivity index (χ1v) is 8.26. The Morgan fingerprint density at radius 1 is 0.846 bits per heavy atom. The van der Waals surface area contributed by atoms with Crippen LogP contribution in [0.25, 0.3) is 0 Å². The zero-order valence-corrected chi connectivity index (χ0v) is 15.1. The standard InChI is InChI=1S/C17H16ClN3O4S/c18-12-6-8-14(9-7-12)24-10-15(22)19-17(26)21-20-16(23)11-25-13-4-2-1-3-5-13/h1-9H,10-11H2,(H,20,23)(H2,19,21,22,26). The van der Waals surface area contributed by atoms with Crippen LogP contribution < -0.4 is 25.6 Å². The molecule has 2 aromatic carbocycles. The van der Waals surface area contributed by atoms with Crippen molar-refractivity contribution in [3.63, 3.8) is 0 Å². The van der Waals surface area contributed by atoms with Crippen molar-refractivity contribution in [2.75, 3.05) is 13.2 Å². The molecule has 0 radical (unpaired) electrons. The Kier molecular flexibility index (Phi) is 7.66. The average Bonchev–Trinajstić information content (AvgIpc) is 2.65. The van der Waals surface area contributed by atoms with Crippen LogP contribution in [-0.4, -0.2) is 30.1 Å². The Balaban J connectivity index is 1.62. The lowest BCUT2D eigenvalue weighted by molar-refractivity contribution is -0.124. The normalized spacial score (nSPS) is 9.73. The van der Waals surface area contributed by atoms with Crippen molar-refractivity contribution in [1.82, 2.24) is 16.2 Å². The van der Waals surface area contributed by atoms with Gasteiger partial charge in [0.15, 0.2) is 18.3 Å². The molecular formula is C17H16ClN3O4S.